The molecule has 4 heteroatoms. The Labute approximate surface area is 296 Å². The van der Waals surface area contributed by atoms with Crippen molar-refractivity contribution in [3.05, 3.63) is 188 Å². The van der Waals surface area contributed by atoms with Crippen LogP contribution >= 0.6 is 7.14 Å². The van der Waals surface area contributed by atoms with Crippen LogP contribution < -0.4 is 15.9 Å². The molecule has 0 amide bonds. The van der Waals surface area contributed by atoms with Crippen molar-refractivity contribution < 1.29 is 4.57 Å². The van der Waals surface area contributed by atoms with Gasteiger partial charge in [0, 0.05) is 43.5 Å². The summed E-state index contributed by atoms with van der Waals surface area (Å²) < 4.78 is 17.7. The predicted octanol–water partition coefficient (Wildman–Crippen LogP) is 10.8. The first-order chi connectivity index (χ1) is 25.2. The first kappa shape index (κ1) is 29.6. The molecule has 240 valence electrons. The highest BCUT2D eigenvalue weighted by Gasteiger charge is 2.40. The smallest absolute Gasteiger partial charge is 0.172 e. The maximum Gasteiger partial charge on any atom is 0.172 e. The summed E-state index contributed by atoms with van der Waals surface area (Å²) in [6, 6.07) is 65.2. The van der Waals surface area contributed by atoms with Crippen LogP contribution in [0.2, 0.25) is 0 Å². The van der Waals surface area contributed by atoms with Crippen LogP contribution in [-0.4, -0.2) is 9.55 Å². The van der Waals surface area contributed by atoms with Crippen molar-refractivity contribution >= 4 is 44.9 Å². The van der Waals surface area contributed by atoms with Gasteiger partial charge in [-0.3, -0.25) is 0 Å². The molecule has 0 saturated carbocycles. The number of fused-ring (bicyclic) bond motifs is 6. The maximum atomic E-state index is 15.3. The molecule has 1 atom stereocenters. The molecule has 0 bridgehead atoms. The molecule has 0 aliphatic carbocycles. The summed E-state index contributed by atoms with van der Waals surface area (Å²) in [5.41, 5.74) is 11.7. The largest absolute Gasteiger partial charge is 0.309 e. The average molecular weight is 671 g/mol. The molecule has 1 aliphatic rings. The molecule has 0 spiro atoms. The van der Waals surface area contributed by atoms with Gasteiger partial charge >= 0.3 is 0 Å². The summed E-state index contributed by atoms with van der Waals surface area (Å²) in [5, 5.41) is 4.95. The van der Waals surface area contributed by atoms with Crippen LogP contribution in [0.1, 0.15) is 0 Å². The van der Waals surface area contributed by atoms with Gasteiger partial charge in [-0.25, -0.2) is 4.98 Å². The molecule has 51 heavy (non-hydrogen) atoms. The second kappa shape index (κ2) is 11.7. The second-order valence-electron chi connectivity index (χ2n) is 13.1. The van der Waals surface area contributed by atoms with Gasteiger partial charge in [0.05, 0.1) is 22.4 Å². The minimum Gasteiger partial charge on any atom is -0.309 e. The van der Waals surface area contributed by atoms with E-state index in [2.05, 4.69) is 132 Å². The molecule has 0 N–H and O–H groups in total. The van der Waals surface area contributed by atoms with Crippen LogP contribution in [0.4, 0.5) is 0 Å². The Morgan fingerprint density at radius 3 is 1.69 bits per heavy atom. The van der Waals surface area contributed by atoms with E-state index in [9.17, 15) is 0 Å². The standard InChI is InChI=1S/C47H31N2OP/c50-51(37-18-8-3-9-19-37)46-23-13-11-21-39(46)41-30-45-40(31-47(41)51)38-20-10-12-22-44(38)49(45)36-26-24-32(25-27-36)35-28-42(33-14-4-1-5-15-33)48-43(29-35)34-16-6-2-7-17-34/h1-31H. The first-order valence-corrected chi connectivity index (χ1v) is 18.9. The van der Waals surface area contributed by atoms with Gasteiger partial charge in [-0.05, 0) is 64.7 Å². The van der Waals surface area contributed by atoms with Gasteiger partial charge in [0.1, 0.15) is 0 Å². The van der Waals surface area contributed by atoms with Crippen molar-refractivity contribution in [2.24, 2.45) is 0 Å². The van der Waals surface area contributed by atoms with E-state index >= 15 is 4.57 Å². The Bertz CT molecular complexity index is 2750. The van der Waals surface area contributed by atoms with Crippen molar-refractivity contribution in [3.8, 4) is 50.5 Å². The molecule has 9 aromatic rings. The van der Waals surface area contributed by atoms with Crippen molar-refractivity contribution in [1.29, 1.82) is 0 Å². The summed E-state index contributed by atoms with van der Waals surface area (Å²) >= 11 is 0. The quantitative estimate of drug-likeness (QED) is 0.171. The van der Waals surface area contributed by atoms with Crippen molar-refractivity contribution in [3.63, 3.8) is 0 Å². The normalized spacial score (nSPS) is 14.8. The van der Waals surface area contributed by atoms with Gasteiger partial charge in [-0.2, -0.15) is 0 Å². The Morgan fingerprint density at radius 1 is 0.412 bits per heavy atom. The molecule has 3 nitrogen and oxygen atoms in total. The van der Waals surface area contributed by atoms with Crippen LogP contribution in [-0.2, 0) is 4.57 Å². The zero-order valence-electron chi connectivity index (χ0n) is 27.6. The van der Waals surface area contributed by atoms with Crippen molar-refractivity contribution in [2.75, 3.05) is 0 Å². The Hall–Kier alpha value is -6.28. The van der Waals surface area contributed by atoms with E-state index in [1.54, 1.807) is 0 Å². The highest BCUT2D eigenvalue weighted by Crippen LogP contribution is 2.53. The number of aromatic nitrogens is 2. The molecule has 0 radical (unpaired) electrons. The summed E-state index contributed by atoms with van der Waals surface area (Å²) in [6.07, 6.45) is 0. The molecule has 7 aromatic carbocycles. The zero-order chi connectivity index (χ0) is 33.9. The highest BCUT2D eigenvalue weighted by molar-refractivity contribution is 7.86. The monoisotopic (exact) mass is 670 g/mol. The number of rotatable bonds is 5. The van der Waals surface area contributed by atoms with Gasteiger partial charge in [0.2, 0.25) is 0 Å². The molecule has 0 saturated heterocycles. The Kier molecular flexibility index (Phi) is 6.77. The summed E-state index contributed by atoms with van der Waals surface area (Å²) in [4.78, 5) is 5.08. The molecular formula is C47H31N2OP. The van der Waals surface area contributed by atoms with E-state index in [4.69, 9.17) is 4.98 Å². The van der Waals surface area contributed by atoms with Gasteiger partial charge in [-0.1, -0.05) is 146 Å². The lowest BCUT2D eigenvalue weighted by molar-refractivity contribution is 0.593. The lowest BCUT2D eigenvalue weighted by atomic mass is 10.00. The molecule has 3 heterocycles. The topological polar surface area (TPSA) is 34.9 Å². The van der Waals surface area contributed by atoms with E-state index < -0.39 is 7.14 Å². The fourth-order valence-electron chi connectivity index (χ4n) is 7.79. The number of hydrogen-bond acceptors (Lipinski definition) is 2. The fourth-order valence-corrected chi connectivity index (χ4v) is 10.9. The lowest BCUT2D eigenvalue weighted by Gasteiger charge is -2.16. The van der Waals surface area contributed by atoms with E-state index in [0.717, 1.165) is 88.2 Å². The van der Waals surface area contributed by atoms with E-state index in [0.29, 0.717) is 0 Å². The highest BCUT2D eigenvalue weighted by atomic mass is 31.2. The number of para-hydroxylation sites is 1. The minimum absolute atomic E-state index is 0.872. The minimum atomic E-state index is -3.06. The van der Waals surface area contributed by atoms with E-state index in [1.807, 2.05) is 60.7 Å². The van der Waals surface area contributed by atoms with Gasteiger partial charge in [0.15, 0.2) is 7.14 Å². The van der Waals surface area contributed by atoms with Crippen molar-refractivity contribution in [1.82, 2.24) is 9.55 Å². The van der Waals surface area contributed by atoms with Gasteiger partial charge < -0.3 is 9.13 Å². The van der Waals surface area contributed by atoms with Crippen LogP contribution in [0.15, 0.2) is 188 Å². The third kappa shape index (κ3) is 4.66. The SMILES string of the molecule is O=P1(c2ccccc2)c2ccccc2-c2cc3c(cc21)c1ccccc1n3-c1ccc(-c2cc(-c3ccccc3)nc(-c3ccccc3)c2)cc1. The van der Waals surface area contributed by atoms with Crippen LogP contribution in [0.25, 0.3) is 72.3 Å². The summed E-state index contributed by atoms with van der Waals surface area (Å²) in [7, 11) is -3.06. The first-order valence-electron chi connectivity index (χ1n) is 17.2. The van der Waals surface area contributed by atoms with E-state index in [1.165, 1.54) is 0 Å². The predicted molar refractivity (Wildman–Crippen MR) is 213 cm³/mol. The maximum absolute atomic E-state index is 15.3. The fraction of sp³-hybridized carbons (Fsp3) is 0. The number of benzene rings is 7. The number of pyridine rings is 1. The van der Waals surface area contributed by atoms with Crippen molar-refractivity contribution in [2.45, 2.75) is 0 Å². The zero-order valence-corrected chi connectivity index (χ0v) is 28.5. The number of nitrogens with zero attached hydrogens (tertiary/aromatic N) is 2. The van der Waals surface area contributed by atoms with Gasteiger partial charge in [-0.15, -0.1) is 0 Å². The molecular weight excluding hydrogens is 640 g/mol. The lowest BCUT2D eigenvalue weighted by Crippen LogP contribution is -2.20. The Balaban J connectivity index is 1.14. The third-order valence-electron chi connectivity index (χ3n) is 10.2. The molecule has 0 fully saturated rings. The third-order valence-corrected chi connectivity index (χ3v) is 13.3. The molecule has 2 aromatic heterocycles. The van der Waals surface area contributed by atoms with Crippen LogP contribution in [0.3, 0.4) is 0 Å². The molecule has 1 aliphatic heterocycles. The van der Waals surface area contributed by atoms with Crippen LogP contribution in [0, 0.1) is 0 Å². The van der Waals surface area contributed by atoms with Gasteiger partial charge in [0.25, 0.3) is 0 Å². The number of hydrogen-bond donors (Lipinski definition) is 0. The van der Waals surface area contributed by atoms with Crippen LogP contribution in [0.5, 0.6) is 0 Å². The summed E-state index contributed by atoms with van der Waals surface area (Å²) in [6.45, 7) is 0. The Morgan fingerprint density at radius 2 is 1.00 bits per heavy atom. The summed E-state index contributed by atoms with van der Waals surface area (Å²) in [5.74, 6) is 0. The van der Waals surface area contributed by atoms with E-state index in [-0.39, 0.29) is 0 Å². The average Bonchev–Trinajstić information content (AvgIpc) is 3.67. The molecule has 1 unspecified atom stereocenters. The second-order valence-corrected chi connectivity index (χ2v) is 15.8. The molecule has 10 rings (SSSR count).